The van der Waals surface area contributed by atoms with Crippen molar-refractivity contribution in [3.8, 4) is 16.9 Å². The van der Waals surface area contributed by atoms with Crippen LogP contribution < -0.4 is 4.74 Å². The van der Waals surface area contributed by atoms with E-state index in [9.17, 15) is 0 Å². The van der Waals surface area contributed by atoms with Crippen LogP contribution in [0.25, 0.3) is 11.1 Å². The summed E-state index contributed by atoms with van der Waals surface area (Å²) in [4.78, 5) is 0. The Kier molecular flexibility index (Phi) is 3.48. The van der Waals surface area contributed by atoms with Crippen LogP contribution in [0.2, 0.25) is 0 Å². The van der Waals surface area contributed by atoms with E-state index in [4.69, 9.17) is 4.74 Å². The maximum atomic E-state index is 5.93. The van der Waals surface area contributed by atoms with Crippen molar-refractivity contribution in [3.63, 3.8) is 0 Å². The quantitative estimate of drug-likeness (QED) is 0.751. The Morgan fingerprint density at radius 3 is 2.24 bits per heavy atom. The molecular weight excluding hydrogens is 208 g/mol. The molecule has 1 nitrogen and oxygen atoms in total. The van der Waals surface area contributed by atoms with Crippen molar-refractivity contribution in [2.45, 2.75) is 26.9 Å². The zero-order valence-corrected chi connectivity index (χ0v) is 10.6. The van der Waals surface area contributed by atoms with Gasteiger partial charge in [-0.1, -0.05) is 48.5 Å². The number of benzene rings is 2. The summed E-state index contributed by atoms with van der Waals surface area (Å²) in [5.74, 6) is 0.994. The van der Waals surface area contributed by atoms with Crippen molar-refractivity contribution in [1.82, 2.24) is 0 Å². The second-order valence-corrected chi connectivity index (χ2v) is 4.48. The van der Waals surface area contributed by atoms with Crippen LogP contribution in [0, 0.1) is 6.92 Å². The first-order chi connectivity index (χ1) is 8.18. The maximum Gasteiger partial charge on any atom is 0.130 e. The van der Waals surface area contributed by atoms with Crippen LogP contribution in [0.15, 0.2) is 48.5 Å². The minimum atomic E-state index is 0.193. The first-order valence-electron chi connectivity index (χ1n) is 6.00. The largest absolute Gasteiger partial charge is 0.490 e. The fourth-order valence-corrected chi connectivity index (χ4v) is 1.89. The van der Waals surface area contributed by atoms with Crippen molar-refractivity contribution >= 4 is 0 Å². The van der Waals surface area contributed by atoms with Crippen LogP contribution in [-0.2, 0) is 0 Å². The summed E-state index contributed by atoms with van der Waals surface area (Å²) in [6, 6.07) is 16.6. The number of hydrogen-bond donors (Lipinski definition) is 0. The van der Waals surface area contributed by atoms with E-state index < -0.39 is 0 Å². The van der Waals surface area contributed by atoms with Gasteiger partial charge in [-0.3, -0.25) is 0 Å². The molecule has 0 N–H and O–H groups in total. The molecule has 0 aliphatic rings. The summed E-state index contributed by atoms with van der Waals surface area (Å²) >= 11 is 0. The number of ether oxygens (including phenoxy) is 1. The van der Waals surface area contributed by atoms with E-state index in [1.807, 2.05) is 6.07 Å². The topological polar surface area (TPSA) is 9.23 Å². The lowest BCUT2D eigenvalue weighted by Gasteiger charge is -2.16. The first-order valence-corrected chi connectivity index (χ1v) is 6.00. The SMILES string of the molecule is Cc1cccc(-c2ccccc2)c1OC(C)C. The Bertz CT molecular complexity index is 486. The van der Waals surface area contributed by atoms with Gasteiger partial charge in [0.2, 0.25) is 0 Å². The summed E-state index contributed by atoms with van der Waals surface area (Å²) in [6.45, 7) is 6.20. The average Bonchev–Trinajstić information content (AvgIpc) is 2.32. The molecule has 0 spiro atoms. The Morgan fingerprint density at radius 2 is 1.59 bits per heavy atom. The molecule has 88 valence electrons. The molecule has 0 bridgehead atoms. The molecule has 17 heavy (non-hydrogen) atoms. The van der Waals surface area contributed by atoms with E-state index in [-0.39, 0.29) is 6.10 Å². The van der Waals surface area contributed by atoms with Gasteiger partial charge in [0, 0.05) is 5.56 Å². The van der Waals surface area contributed by atoms with Gasteiger partial charge >= 0.3 is 0 Å². The lowest BCUT2D eigenvalue weighted by molar-refractivity contribution is 0.242. The second-order valence-electron chi connectivity index (χ2n) is 4.48. The first kappa shape index (κ1) is 11.7. The van der Waals surface area contributed by atoms with Crippen molar-refractivity contribution in [3.05, 3.63) is 54.1 Å². The second kappa shape index (κ2) is 5.05. The van der Waals surface area contributed by atoms with Crippen LogP contribution >= 0.6 is 0 Å². The van der Waals surface area contributed by atoms with Gasteiger partial charge in [0.05, 0.1) is 6.10 Å². The fraction of sp³-hybridized carbons (Fsp3) is 0.250. The fourth-order valence-electron chi connectivity index (χ4n) is 1.89. The minimum Gasteiger partial charge on any atom is -0.490 e. The molecule has 0 saturated carbocycles. The van der Waals surface area contributed by atoms with E-state index in [1.54, 1.807) is 0 Å². The van der Waals surface area contributed by atoms with E-state index >= 15 is 0 Å². The van der Waals surface area contributed by atoms with Gasteiger partial charge in [-0.15, -0.1) is 0 Å². The van der Waals surface area contributed by atoms with Gasteiger partial charge in [0.25, 0.3) is 0 Å². The lowest BCUT2D eigenvalue weighted by Crippen LogP contribution is -2.07. The van der Waals surface area contributed by atoms with Gasteiger partial charge < -0.3 is 4.74 Å². The molecule has 0 amide bonds. The third kappa shape index (κ3) is 2.68. The Labute approximate surface area is 103 Å². The van der Waals surface area contributed by atoms with Gasteiger partial charge in [0.1, 0.15) is 5.75 Å². The van der Waals surface area contributed by atoms with Crippen LogP contribution in [0.3, 0.4) is 0 Å². The van der Waals surface area contributed by atoms with Crippen LogP contribution in [0.1, 0.15) is 19.4 Å². The normalized spacial score (nSPS) is 10.6. The third-order valence-corrected chi connectivity index (χ3v) is 2.65. The smallest absolute Gasteiger partial charge is 0.130 e. The summed E-state index contributed by atoms with van der Waals surface area (Å²) in [6.07, 6.45) is 0.193. The van der Waals surface area contributed by atoms with Crippen molar-refractivity contribution in [1.29, 1.82) is 0 Å². The predicted molar refractivity (Wildman–Crippen MR) is 72.4 cm³/mol. The molecule has 0 aliphatic heterocycles. The van der Waals surface area contributed by atoms with Crippen LogP contribution in [-0.4, -0.2) is 6.10 Å². The summed E-state index contributed by atoms with van der Waals surface area (Å²) in [5, 5.41) is 0. The summed E-state index contributed by atoms with van der Waals surface area (Å²) in [5.41, 5.74) is 3.55. The van der Waals surface area contributed by atoms with E-state index in [0.717, 1.165) is 5.75 Å². The molecule has 2 aromatic carbocycles. The Hall–Kier alpha value is -1.76. The highest BCUT2D eigenvalue weighted by molar-refractivity contribution is 5.72. The molecule has 0 aliphatic carbocycles. The maximum absolute atomic E-state index is 5.93. The van der Waals surface area contributed by atoms with Crippen molar-refractivity contribution in [2.75, 3.05) is 0 Å². The highest BCUT2D eigenvalue weighted by atomic mass is 16.5. The van der Waals surface area contributed by atoms with Crippen LogP contribution in [0.5, 0.6) is 5.75 Å². The molecule has 0 heterocycles. The molecule has 2 aromatic rings. The predicted octanol–water partition coefficient (Wildman–Crippen LogP) is 4.45. The average molecular weight is 226 g/mol. The molecule has 0 atom stereocenters. The van der Waals surface area contributed by atoms with Crippen molar-refractivity contribution in [2.24, 2.45) is 0 Å². The van der Waals surface area contributed by atoms with Gasteiger partial charge in [-0.25, -0.2) is 0 Å². The van der Waals surface area contributed by atoms with E-state index in [0.29, 0.717) is 0 Å². The standard InChI is InChI=1S/C16H18O/c1-12(2)17-16-13(3)8-7-11-15(16)14-9-5-4-6-10-14/h4-12H,1-3H3. The van der Waals surface area contributed by atoms with Gasteiger partial charge in [-0.05, 0) is 31.9 Å². The molecule has 0 unspecified atom stereocenters. The van der Waals surface area contributed by atoms with E-state index in [1.165, 1.54) is 16.7 Å². The Balaban J connectivity index is 2.50. The van der Waals surface area contributed by atoms with Gasteiger partial charge in [-0.2, -0.15) is 0 Å². The van der Waals surface area contributed by atoms with Crippen molar-refractivity contribution < 1.29 is 4.74 Å². The zero-order valence-electron chi connectivity index (χ0n) is 10.6. The van der Waals surface area contributed by atoms with Crippen LogP contribution in [0.4, 0.5) is 0 Å². The zero-order chi connectivity index (χ0) is 12.3. The number of hydrogen-bond acceptors (Lipinski definition) is 1. The highest BCUT2D eigenvalue weighted by Crippen LogP contribution is 2.33. The lowest BCUT2D eigenvalue weighted by atomic mass is 10.0. The Morgan fingerprint density at radius 1 is 0.882 bits per heavy atom. The number of para-hydroxylation sites is 1. The molecular formula is C16H18O. The number of rotatable bonds is 3. The monoisotopic (exact) mass is 226 g/mol. The molecule has 0 fully saturated rings. The molecule has 0 aromatic heterocycles. The highest BCUT2D eigenvalue weighted by Gasteiger charge is 2.09. The molecule has 2 rings (SSSR count). The number of aryl methyl sites for hydroxylation is 1. The summed E-state index contributed by atoms with van der Waals surface area (Å²) < 4.78 is 5.93. The summed E-state index contributed by atoms with van der Waals surface area (Å²) in [7, 11) is 0. The van der Waals surface area contributed by atoms with Gasteiger partial charge in [0.15, 0.2) is 0 Å². The minimum absolute atomic E-state index is 0.193. The van der Waals surface area contributed by atoms with E-state index in [2.05, 4.69) is 63.2 Å². The molecule has 0 radical (unpaired) electrons. The molecule has 1 heteroatoms. The third-order valence-electron chi connectivity index (χ3n) is 2.65. The molecule has 0 saturated heterocycles.